The molecule has 0 aromatic carbocycles. The van der Waals surface area contributed by atoms with Gasteiger partial charge in [-0.05, 0) is 19.8 Å². The summed E-state index contributed by atoms with van der Waals surface area (Å²) in [5, 5.41) is 0. The molecule has 0 N–H and O–H groups in total. The van der Waals surface area contributed by atoms with Crippen LogP contribution in [-0.4, -0.2) is 4.87 Å². The lowest BCUT2D eigenvalue weighted by Gasteiger charge is -2.19. The lowest BCUT2D eigenvalue weighted by molar-refractivity contribution is 0.494. The molecule has 0 nitrogen and oxygen atoms in total. The lowest BCUT2D eigenvalue weighted by Crippen LogP contribution is -2.18. The van der Waals surface area contributed by atoms with E-state index in [1.807, 2.05) is 13.8 Å². The highest BCUT2D eigenvalue weighted by molar-refractivity contribution is 6.23. The van der Waals surface area contributed by atoms with Crippen LogP contribution in [0.3, 0.4) is 0 Å². The van der Waals surface area contributed by atoms with Gasteiger partial charge in [-0.1, -0.05) is 13.8 Å². The van der Waals surface area contributed by atoms with Crippen LogP contribution in [-0.2, 0) is 0 Å². The van der Waals surface area contributed by atoms with E-state index in [-0.39, 0.29) is 17.3 Å². The van der Waals surface area contributed by atoms with Gasteiger partial charge in [-0.3, -0.25) is 0 Å². The van der Waals surface area contributed by atoms with Crippen molar-refractivity contribution in [3.8, 4) is 0 Å². The van der Waals surface area contributed by atoms with Crippen LogP contribution in [0, 0.1) is 5.92 Å². The maximum absolute atomic E-state index is 5.87. The lowest BCUT2D eigenvalue weighted by atomic mass is 10.00. The number of hydrogen-bond acceptors (Lipinski definition) is 0. The molecule has 52 valence electrons. The van der Waals surface area contributed by atoms with Gasteiger partial charge < -0.3 is 0 Å². The summed E-state index contributed by atoms with van der Waals surface area (Å²) in [5.74, 6) is 0.564. The molecule has 0 spiro atoms. The molecule has 0 radical (unpaired) electrons. The fraction of sp³-hybridized carbons (Fsp3) is 1.00. The Hall–Kier alpha value is 0.580. The summed E-state index contributed by atoms with van der Waals surface area (Å²) < 4.78 is 0. The topological polar surface area (TPSA) is 0 Å². The first-order valence-corrected chi connectivity index (χ1v) is 3.01. The van der Waals surface area contributed by atoms with E-state index >= 15 is 0 Å². The van der Waals surface area contributed by atoms with Gasteiger partial charge in [0.15, 0.2) is 0 Å². The second-order valence-electron chi connectivity index (χ2n) is 2.72. The van der Waals surface area contributed by atoms with Gasteiger partial charge in [-0.25, -0.2) is 0 Å². The highest BCUT2D eigenvalue weighted by Crippen LogP contribution is 2.22. The molecule has 0 atom stereocenters. The summed E-state index contributed by atoms with van der Waals surface area (Å²) in [6.07, 6.45) is 0. The first-order valence-electron chi connectivity index (χ1n) is 2.63. The third kappa shape index (κ3) is 4.73. The SMILES string of the molecule is CC(C)C(C)(C)Cl.Cl. The van der Waals surface area contributed by atoms with Crippen molar-refractivity contribution in [2.24, 2.45) is 5.92 Å². The van der Waals surface area contributed by atoms with Gasteiger partial charge in [0.25, 0.3) is 0 Å². The summed E-state index contributed by atoms with van der Waals surface area (Å²) in [5.41, 5.74) is 0. The van der Waals surface area contributed by atoms with Crippen LogP contribution >= 0.6 is 24.0 Å². The van der Waals surface area contributed by atoms with Gasteiger partial charge in [0.2, 0.25) is 0 Å². The van der Waals surface area contributed by atoms with Crippen molar-refractivity contribution in [3.05, 3.63) is 0 Å². The predicted octanol–water partition coefficient (Wildman–Crippen LogP) is 3.08. The third-order valence-electron chi connectivity index (χ3n) is 1.37. The first kappa shape index (κ1) is 11.4. The summed E-state index contributed by atoms with van der Waals surface area (Å²) >= 11 is 5.87. The molecule has 8 heavy (non-hydrogen) atoms. The Labute approximate surface area is 63.0 Å². The van der Waals surface area contributed by atoms with Crippen LogP contribution in [0.2, 0.25) is 0 Å². The molecule has 0 fully saturated rings. The minimum atomic E-state index is -0.0278. The highest BCUT2D eigenvalue weighted by Gasteiger charge is 2.16. The summed E-state index contributed by atoms with van der Waals surface area (Å²) in [6.45, 7) is 8.29. The van der Waals surface area contributed by atoms with Gasteiger partial charge in [0.1, 0.15) is 0 Å². The molecule has 0 rings (SSSR count). The normalized spacial score (nSPS) is 11.2. The molecule has 0 amide bonds. The van der Waals surface area contributed by atoms with E-state index in [2.05, 4.69) is 13.8 Å². The Balaban J connectivity index is 0. The Kier molecular flexibility index (Phi) is 5.09. The molecule has 0 aliphatic heterocycles. The van der Waals surface area contributed by atoms with Crippen LogP contribution in [0.1, 0.15) is 27.7 Å². The van der Waals surface area contributed by atoms with E-state index in [0.717, 1.165) is 0 Å². The quantitative estimate of drug-likeness (QED) is 0.513. The fourth-order valence-corrected chi connectivity index (χ4v) is 0. The first-order chi connectivity index (χ1) is 2.94. The molecule has 2 heteroatoms. The molecule has 0 saturated carbocycles. The van der Waals surface area contributed by atoms with Crippen LogP contribution in [0.5, 0.6) is 0 Å². The maximum Gasteiger partial charge on any atom is 0.0413 e. The Bertz CT molecular complexity index is 52.0. The number of hydrogen-bond donors (Lipinski definition) is 0. The van der Waals surface area contributed by atoms with Gasteiger partial charge in [0, 0.05) is 4.87 Å². The van der Waals surface area contributed by atoms with Crippen LogP contribution in [0.15, 0.2) is 0 Å². The maximum atomic E-state index is 5.87. The minimum Gasteiger partial charge on any atom is -0.147 e. The smallest absolute Gasteiger partial charge is 0.0413 e. The van der Waals surface area contributed by atoms with Crippen molar-refractivity contribution >= 4 is 24.0 Å². The number of rotatable bonds is 1. The molecular formula is C6H14Cl2. The Morgan fingerprint density at radius 1 is 1.25 bits per heavy atom. The molecule has 0 aliphatic carbocycles. The second kappa shape index (κ2) is 3.58. The molecule has 0 bridgehead atoms. The summed E-state index contributed by atoms with van der Waals surface area (Å²) in [6, 6.07) is 0. The van der Waals surface area contributed by atoms with E-state index < -0.39 is 0 Å². The molecule has 0 unspecified atom stereocenters. The van der Waals surface area contributed by atoms with E-state index in [1.54, 1.807) is 0 Å². The average Bonchev–Trinajstić information content (AvgIpc) is 1.31. The number of halogens is 2. The van der Waals surface area contributed by atoms with E-state index in [9.17, 15) is 0 Å². The highest BCUT2D eigenvalue weighted by atomic mass is 35.5. The second-order valence-corrected chi connectivity index (χ2v) is 3.69. The van der Waals surface area contributed by atoms with Crippen molar-refractivity contribution in [2.75, 3.05) is 0 Å². The molecule has 0 heterocycles. The fourth-order valence-electron chi connectivity index (χ4n) is 0. The van der Waals surface area contributed by atoms with Crippen LogP contribution in [0.25, 0.3) is 0 Å². The zero-order valence-corrected chi connectivity index (χ0v) is 7.44. The molecule has 0 aliphatic rings. The average molecular weight is 157 g/mol. The Morgan fingerprint density at radius 2 is 1.38 bits per heavy atom. The largest absolute Gasteiger partial charge is 0.147 e. The Morgan fingerprint density at radius 3 is 1.38 bits per heavy atom. The van der Waals surface area contributed by atoms with Gasteiger partial charge in [0.05, 0.1) is 0 Å². The van der Waals surface area contributed by atoms with Crippen molar-refractivity contribution in [1.29, 1.82) is 0 Å². The molecule has 0 saturated heterocycles. The number of alkyl halides is 1. The van der Waals surface area contributed by atoms with E-state index in [0.29, 0.717) is 5.92 Å². The van der Waals surface area contributed by atoms with Gasteiger partial charge >= 0.3 is 0 Å². The zero-order valence-electron chi connectivity index (χ0n) is 5.86. The van der Waals surface area contributed by atoms with E-state index in [1.165, 1.54) is 0 Å². The molecule has 0 aromatic heterocycles. The van der Waals surface area contributed by atoms with Crippen molar-refractivity contribution < 1.29 is 0 Å². The minimum absolute atomic E-state index is 0. The summed E-state index contributed by atoms with van der Waals surface area (Å²) in [7, 11) is 0. The zero-order chi connectivity index (χ0) is 6.08. The standard InChI is InChI=1S/C6H13Cl.ClH/c1-5(2)6(3,4)7;/h5H,1-4H3;1H. The van der Waals surface area contributed by atoms with Crippen molar-refractivity contribution in [1.82, 2.24) is 0 Å². The van der Waals surface area contributed by atoms with Crippen LogP contribution < -0.4 is 0 Å². The monoisotopic (exact) mass is 156 g/mol. The summed E-state index contributed by atoms with van der Waals surface area (Å²) in [4.78, 5) is -0.0278. The third-order valence-corrected chi connectivity index (χ3v) is 1.81. The van der Waals surface area contributed by atoms with Crippen molar-refractivity contribution in [2.45, 2.75) is 32.6 Å². The van der Waals surface area contributed by atoms with Crippen LogP contribution in [0.4, 0.5) is 0 Å². The molecular weight excluding hydrogens is 143 g/mol. The molecule has 0 aromatic rings. The van der Waals surface area contributed by atoms with Gasteiger partial charge in [-0.15, -0.1) is 24.0 Å². The van der Waals surface area contributed by atoms with E-state index in [4.69, 9.17) is 11.6 Å². The van der Waals surface area contributed by atoms with Gasteiger partial charge in [-0.2, -0.15) is 0 Å². The predicted molar refractivity (Wildman–Crippen MR) is 42.0 cm³/mol. The van der Waals surface area contributed by atoms with Crippen molar-refractivity contribution in [3.63, 3.8) is 0 Å².